The van der Waals surface area contributed by atoms with Crippen molar-refractivity contribution >= 4 is 21.6 Å². The fourth-order valence-corrected chi connectivity index (χ4v) is 11.0. The maximum Gasteiger partial charge on any atom is 0.255 e. The van der Waals surface area contributed by atoms with E-state index >= 15 is 0 Å². The number of hydrogen-bond acceptors (Lipinski definition) is 8. The second kappa shape index (κ2) is 47.9. The van der Waals surface area contributed by atoms with Crippen molar-refractivity contribution in [3.05, 3.63) is 0 Å². The second-order valence-corrected chi connectivity index (χ2v) is 20.9. The minimum atomic E-state index is -1.00. The van der Waals surface area contributed by atoms with Gasteiger partial charge in [0.2, 0.25) is 0 Å². The molecule has 62 heavy (non-hydrogen) atoms. The normalized spacial score (nSPS) is 13.4. The molecule has 0 aliphatic rings. The molecule has 374 valence electrons. The average Bonchev–Trinajstić information content (AvgIpc) is 3.28. The van der Waals surface area contributed by atoms with Crippen molar-refractivity contribution in [2.45, 2.75) is 309 Å². The molecule has 0 fully saturated rings. The van der Waals surface area contributed by atoms with Crippen LogP contribution in [0.25, 0.3) is 0 Å². The van der Waals surface area contributed by atoms with Gasteiger partial charge in [-0.05, 0) is 74.0 Å². The van der Waals surface area contributed by atoms with Gasteiger partial charge in [-0.25, -0.2) is 0 Å². The Kier molecular flexibility index (Phi) is 48.3. The Balaban J connectivity index is 6.62. The molecule has 0 saturated carbocycles. The van der Waals surface area contributed by atoms with Crippen LogP contribution in [0.4, 0.5) is 0 Å². The summed E-state index contributed by atoms with van der Waals surface area (Å²) in [6.07, 6.45) is 43.6. The lowest BCUT2D eigenvalue weighted by molar-refractivity contribution is -0.232. The van der Waals surface area contributed by atoms with E-state index in [2.05, 4.69) is 55.4 Å². The Morgan fingerprint density at radius 2 is 0.435 bits per heavy atom. The summed E-state index contributed by atoms with van der Waals surface area (Å²) in [7, 11) is 3.30. The highest BCUT2D eigenvalue weighted by atomic mass is 33.1. The Bertz CT molecular complexity index is 761. The molecule has 0 aliphatic heterocycles. The molecule has 0 aromatic carbocycles. The van der Waals surface area contributed by atoms with E-state index in [0.717, 1.165) is 38.5 Å². The Morgan fingerprint density at radius 1 is 0.258 bits per heavy atom. The van der Waals surface area contributed by atoms with Crippen molar-refractivity contribution < 1.29 is 28.4 Å². The van der Waals surface area contributed by atoms with E-state index < -0.39 is 10.2 Å². The fourth-order valence-electron chi connectivity index (χ4n) is 7.78. The quantitative estimate of drug-likeness (QED) is 0.0340. The smallest absolute Gasteiger partial charge is 0.255 e. The maximum atomic E-state index is 7.08. The summed E-state index contributed by atoms with van der Waals surface area (Å²) in [5.41, 5.74) is 0. The van der Waals surface area contributed by atoms with Gasteiger partial charge < -0.3 is 28.4 Å². The largest absolute Gasteiger partial charge is 0.372 e. The molecule has 0 amide bonds. The zero-order valence-corrected chi connectivity index (χ0v) is 44.8. The Hall–Kier alpha value is 0.460. The van der Waals surface area contributed by atoms with Gasteiger partial charge in [-0.2, -0.15) is 0 Å². The van der Waals surface area contributed by atoms with Crippen molar-refractivity contribution in [3.63, 3.8) is 0 Å². The molecular formula is C54H110O6S2. The summed E-state index contributed by atoms with van der Waals surface area (Å²) in [5, 5.41) is -2.01. The second-order valence-electron chi connectivity index (χ2n) is 18.4. The van der Waals surface area contributed by atoms with E-state index in [9.17, 15) is 0 Å². The molecule has 0 N–H and O–H groups in total. The molecule has 0 heterocycles. The zero-order valence-electron chi connectivity index (χ0n) is 43.1. The molecule has 0 aromatic heterocycles. The molecule has 0 radical (unpaired) electrons. The summed E-state index contributed by atoms with van der Waals surface area (Å²) < 4.78 is 41.9. The number of hydrogen-bond donors (Lipinski definition) is 0. The zero-order chi connectivity index (χ0) is 45.5. The van der Waals surface area contributed by atoms with Gasteiger partial charge in [0.15, 0.2) is 0 Å². The molecule has 0 aliphatic carbocycles. The third-order valence-electron chi connectivity index (χ3n) is 12.2. The van der Waals surface area contributed by atoms with Gasteiger partial charge in [0.05, 0.1) is 26.4 Å². The number of ether oxygens (including phenoxy) is 6. The van der Waals surface area contributed by atoms with E-state index in [1.807, 2.05) is 0 Å². The molecule has 0 spiro atoms. The van der Waals surface area contributed by atoms with Crippen LogP contribution >= 0.6 is 21.6 Å². The molecule has 0 saturated heterocycles. The van der Waals surface area contributed by atoms with Gasteiger partial charge >= 0.3 is 0 Å². The fraction of sp³-hybridized carbons (Fsp3) is 1.00. The van der Waals surface area contributed by atoms with E-state index in [1.54, 1.807) is 21.6 Å². The van der Waals surface area contributed by atoms with E-state index in [0.29, 0.717) is 39.6 Å². The summed E-state index contributed by atoms with van der Waals surface area (Å²) in [6.45, 7) is 22.1. The van der Waals surface area contributed by atoms with Gasteiger partial charge in [-0.15, -0.1) is 0 Å². The minimum absolute atomic E-state index is 0.273. The standard InChI is InChI=1S/C54H110O6S2/c1-9-15-21-27-33-39-45-55-51(7)53(57-47-41-35-29-23-17-11-3,58-48-42-36-30-24-18-12-4)61-62-54(59-49-43-37-31-25-19-13-5,60-50-44-38-32-26-20-14-6)52(8)56-46-40-34-28-22-16-10-2/h51-52H,9-50H2,1-8H3. The minimum Gasteiger partial charge on any atom is -0.372 e. The van der Waals surface area contributed by atoms with Crippen molar-refractivity contribution in [3.8, 4) is 0 Å². The van der Waals surface area contributed by atoms with Crippen LogP contribution in [-0.4, -0.2) is 62.1 Å². The predicted octanol–water partition coefficient (Wildman–Crippen LogP) is 18.7. The highest BCUT2D eigenvalue weighted by Crippen LogP contribution is 2.51. The van der Waals surface area contributed by atoms with Crippen LogP contribution in [-0.2, 0) is 28.4 Å². The summed E-state index contributed by atoms with van der Waals surface area (Å²) in [5.74, 6) is 0. The first kappa shape index (κ1) is 62.5. The van der Waals surface area contributed by atoms with Gasteiger partial charge in [0.1, 0.15) is 12.2 Å². The van der Waals surface area contributed by atoms with E-state index in [4.69, 9.17) is 28.4 Å². The Morgan fingerprint density at radius 3 is 0.645 bits per heavy atom. The molecule has 8 heteroatoms. The molecule has 6 nitrogen and oxygen atoms in total. The van der Waals surface area contributed by atoms with Gasteiger partial charge in [-0.1, -0.05) is 234 Å². The van der Waals surface area contributed by atoms with Crippen molar-refractivity contribution in [2.75, 3.05) is 39.6 Å². The summed E-state index contributed by atoms with van der Waals surface area (Å²) in [4.78, 5) is 0. The first-order valence-corrected chi connectivity index (χ1v) is 29.7. The van der Waals surface area contributed by atoms with Crippen LogP contribution in [0.15, 0.2) is 0 Å². The summed E-state index contributed by atoms with van der Waals surface area (Å²) in [6, 6.07) is 0. The number of unbranched alkanes of at least 4 members (excludes halogenated alkanes) is 30. The highest BCUT2D eigenvalue weighted by molar-refractivity contribution is 8.77. The van der Waals surface area contributed by atoms with Crippen LogP contribution in [0, 0.1) is 0 Å². The van der Waals surface area contributed by atoms with Crippen molar-refractivity contribution in [1.29, 1.82) is 0 Å². The lowest BCUT2D eigenvalue weighted by atomic mass is 10.1. The average molecular weight is 920 g/mol. The van der Waals surface area contributed by atoms with Crippen LogP contribution in [0.2, 0.25) is 0 Å². The molecule has 0 rings (SSSR count). The lowest BCUT2D eigenvalue weighted by Crippen LogP contribution is -2.48. The molecule has 0 bridgehead atoms. The third-order valence-corrected chi connectivity index (χ3v) is 15.5. The highest BCUT2D eigenvalue weighted by Gasteiger charge is 2.48. The van der Waals surface area contributed by atoms with Crippen LogP contribution in [0.3, 0.4) is 0 Å². The van der Waals surface area contributed by atoms with Crippen LogP contribution < -0.4 is 0 Å². The van der Waals surface area contributed by atoms with Crippen molar-refractivity contribution in [1.82, 2.24) is 0 Å². The SMILES string of the molecule is CCCCCCCCOC(C)C(OCCCCCCCC)(OCCCCCCCC)SSC(OCCCCCCCC)(OCCCCCCCC)C(C)OCCCCCCCC. The maximum absolute atomic E-state index is 7.08. The number of rotatable bonds is 53. The molecule has 2 unspecified atom stereocenters. The molecule has 2 atom stereocenters. The summed E-state index contributed by atoms with van der Waals surface area (Å²) >= 11 is 0. The first-order chi connectivity index (χ1) is 30.4. The van der Waals surface area contributed by atoms with E-state index in [-0.39, 0.29) is 12.2 Å². The van der Waals surface area contributed by atoms with E-state index in [1.165, 1.54) is 193 Å². The van der Waals surface area contributed by atoms with Crippen molar-refractivity contribution in [2.24, 2.45) is 0 Å². The predicted molar refractivity (Wildman–Crippen MR) is 276 cm³/mol. The first-order valence-electron chi connectivity index (χ1n) is 27.6. The lowest BCUT2D eigenvalue weighted by Gasteiger charge is -2.42. The van der Waals surface area contributed by atoms with Gasteiger partial charge in [-0.3, -0.25) is 0 Å². The molecular weight excluding hydrogens is 809 g/mol. The topological polar surface area (TPSA) is 55.4 Å². The van der Waals surface area contributed by atoms with Crippen LogP contribution in [0.5, 0.6) is 0 Å². The Labute approximate surface area is 396 Å². The molecule has 0 aromatic rings. The third kappa shape index (κ3) is 35.6. The van der Waals surface area contributed by atoms with Gasteiger partial charge in [0.25, 0.3) is 10.2 Å². The monoisotopic (exact) mass is 919 g/mol. The van der Waals surface area contributed by atoms with Gasteiger partial charge in [0, 0.05) is 13.2 Å². The van der Waals surface area contributed by atoms with Crippen LogP contribution in [0.1, 0.15) is 287 Å².